The van der Waals surface area contributed by atoms with Crippen molar-refractivity contribution < 1.29 is 33.2 Å². The molecule has 0 fully saturated rings. The van der Waals surface area contributed by atoms with Crippen LogP contribution in [0.4, 0.5) is 0 Å². The molecule has 0 bridgehead atoms. The summed E-state index contributed by atoms with van der Waals surface area (Å²) in [4.78, 5) is 0. The number of rotatable bonds is 4. The lowest BCUT2D eigenvalue weighted by Crippen LogP contribution is -1.90. The van der Waals surface area contributed by atoms with Gasteiger partial charge in [0.25, 0.3) is 0 Å². The molecule has 0 atom stereocenters. The minimum Gasteiger partial charge on any atom is -0.464 e. The van der Waals surface area contributed by atoms with Gasteiger partial charge in [-0.05, 0) is 72.6 Å². The molecule has 1 heteroatoms. The van der Waals surface area contributed by atoms with Crippen LogP contribution in [-0.4, -0.2) is 0 Å². The van der Waals surface area contributed by atoms with Crippen molar-refractivity contribution in [2.75, 3.05) is 0 Å². The van der Waals surface area contributed by atoms with Crippen LogP contribution in [0.1, 0.15) is 28.8 Å². The molecule has 0 unspecified atom stereocenters. The first kappa shape index (κ1) is 10.5. The van der Waals surface area contributed by atoms with Crippen molar-refractivity contribution in [1.29, 1.82) is 0 Å². The molecule has 0 saturated carbocycles. The molecule has 0 N–H and O–H groups in total. The Morgan fingerprint density at radius 3 is 1.61 bits per heavy atom. The highest BCUT2D eigenvalue weighted by molar-refractivity contribution is 6.21. The third-order valence-electron chi connectivity index (χ3n) is 6.60. The molecule has 0 aliphatic rings. The van der Waals surface area contributed by atoms with Gasteiger partial charge in [-0.25, -0.2) is 0 Å². The van der Waals surface area contributed by atoms with E-state index in [1.807, 2.05) is 0 Å². The second-order valence-electron chi connectivity index (χ2n) is 8.90. The highest BCUT2D eigenvalue weighted by atomic mass is 16.3. The molecule has 8 rings (SSSR count). The fourth-order valence-electron chi connectivity index (χ4n) is 4.81. The van der Waals surface area contributed by atoms with Crippen LogP contribution < -0.4 is 0 Å². The minimum absolute atomic E-state index is 0.0145. The zero-order valence-electron chi connectivity index (χ0n) is 41.8. The first-order valence-electron chi connectivity index (χ1n) is 22.8. The second kappa shape index (κ2) is 9.66. The van der Waals surface area contributed by atoms with Crippen LogP contribution in [0.25, 0.3) is 77.0 Å². The van der Waals surface area contributed by atoms with Gasteiger partial charge < -0.3 is 4.42 Å². The maximum absolute atomic E-state index is 9.43. The number of para-hydroxylation sites is 1. The van der Waals surface area contributed by atoms with Gasteiger partial charge in [0.2, 0.25) is 0 Å². The van der Waals surface area contributed by atoms with Gasteiger partial charge in [0.1, 0.15) is 6.95 Å². The summed E-state index contributed by atoms with van der Waals surface area (Å²) in [5.41, 5.74) is -4.04. The molecule has 1 aromatic heterocycles. The fourth-order valence-corrected chi connectivity index (χ4v) is 4.81. The molecule has 8 aromatic rings. The first-order valence-corrected chi connectivity index (χ1v) is 12.3. The van der Waals surface area contributed by atoms with Crippen LogP contribution in [0.3, 0.4) is 0 Å². The Kier molecular flexibility index (Phi) is 2.48. The van der Waals surface area contributed by atoms with Gasteiger partial charge in [-0.2, -0.15) is 0 Å². The summed E-state index contributed by atoms with van der Waals surface area (Å²) in [7, 11) is 0. The van der Waals surface area contributed by atoms with Crippen molar-refractivity contribution in [1.82, 2.24) is 0 Å². The van der Waals surface area contributed by atoms with E-state index in [-0.39, 0.29) is 16.3 Å². The largest absolute Gasteiger partial charge is 0.464 e. The van der Waals surface area contributed by atoms with Crippen molar-refractivity contribution in [2.24, 2.45) is 0 Å². The Morgan fingerprint density at radius 1 is 0.415 bits per heavy atom. The molecule has 41 heavy (non-hydrogen) atoms. The van der Waals surface area contributed by atoms with E-state index in [0.29, 0.717) is 5.56 Å². The van der Waals surface area contributed by atoms with Gasteiger partial charge in [0.05, 0.1) is 33.7 Å². The van der Waals surface area contributed by atoms with Crippen LogP contribution in [0, 0.1) is 0 Å². The summed E-state index contributed by atoms with van der Waals surface area (Å²) in [6.07, 6.45) is -0.834. The Bertz CT molecular complexity index is 3250. The van der Waals surface area contributed by atoms with Crippen LogP contribution in [0.15, 0.2) is 162 Å². The molecule has 1 heterocycles. The molecular weight excluding hydrogens is 496 g/mol. The van der Waals surface area contributed by atoms with Crippen molar-refractivity contribution in [2.45, 2.75) is 0 Å². The zero-order valence-corrected chi connectivity index (χ0v) is 20.8. The van der Waals surface area contributed by atoms with Crippen LogP contribution >= 0.6 is 0 Å². The highest BCUT2D eigenvalue weighted by Crippen LogP contribution is 2.44. The minimum atomic E-state index is -0.966. The molecular formula is C40H26O. The number of fused-ring (bicyclic) bond motifs is 3. The average Bonchev–Trinajstić information content (AvgIpc) is 3.60. The molecule has 192 valence electrons. The number of hydrogen-bond donors (Lipinski definition) is 0. The summed E-state index contributed by atoms with van der Waals surface area (Å²) in [5, 5.41) is -1.70. The Morgan fingerprint density at radius 2 is 0.951 bits per heavy atom. The maximum Gasteiger partial charge on any atom is 0.134 e. The SMILES string of the molecule is [2H]c1oc2c([2H])c([2H])c([2H])c([2H])c2c1-c1c([2H])c([2H])c([2H])c(-c2c([2H])c([2H])c(-c3c4c([2H])c([2H])c([2H])c([2H])c4c(-c4ccccc4)c4c([2H])c([2H])c([2H])c([2H])c34)c([2H])c2[2H])c1[2H]. The normalized spacial score (nSPS) is 18.6. The molecule has 1 nitrogen and oxygen atoms in total. The van der Waals surface area contributed by atoms with Crippen LogP contribution in [0.2, 0.25) is 0 Å². The molecule has 0 radical (unpaired) electrons. The number of hydrogen-bond acceptors (Lipinski definition) is 1. The Balaban J connectivity index is 1.56. The smallest absolute Gasteiger partial charge is 0.134 e. The second-order valence-corrected chi connectivity index (χ2v) is 8.90. The van der Waals surface area contributed by atoms with Gasteiger partial charge in [-0.3, -0.25) is 0 Å². The fraction of sp³-hybridized carbons (Fsp3) is 0. The first-order chi connectivity index (χ1) is 29.1. The van der Waals surface area contributed by atoms with Crippen molar-refractivity contribution in [3.63, 3.8) is 0 Å². The number of furan rings is 1. The Labute approximate surface area is 268 Å². The summed E-state index contributed by atoms with van der Waals surface area (Å²) >= 11 is 0. The van der Waals surface area contributed by atoms with Gasteiger partial charge in [-0.15, -0.1) is 0 Å². The molecule has 0 spiro atoms. The monoisotopic (exact) mass is 543 g/mol. The molecule has 0 aliphatic carbocycles. The van der Waals surface area contributed by atoms with Crippen molar-refractivity contribution in [3.05, 3.63) is 157 Å². The lowest BCUT2D eigenvalue weighted by atomic mass is 9.85. The van der Waals surface area contributed by atoms with E-state index in [1.165, 1.54) is 0 Å². The summed E-state index contributed by atoms with van der Waals surface area (Å²) < 4.78 is 191. The Hall–Kier alpha value is -5.40. The van der Waals surface area contributed by atoms with E-state index in [2.05, 4.69) is 0 Å². The quantitative estimate of drug-likeness (QED) is 0.201. The van der Waals surface area contributed by atoms with Crippen molar-refractivity contribution >= 4 is 32.5 Å². The summed E-state index contributed by atoms with van der Waals surface area (Å²) in [6, 6.07) is -7.85. The lowest BCUT2D eigenvalue weighted by Gasteiger charge is -2.18. The topological polar surface area (TPSA) is 13.1 Å². The highest BCUT2D eigenvalue weighted by Gasteiger charge is 2.16. The summed E-state index contributed by atoms with van der Waals surface area (Å²) in [6.45, 7) is 0. The molecule has 0 saturated heterocycles. The van der Waals surface area contributed by atoms with E-state index in [9.17, 15) is 6.85 Å². The van der Waals surface area contributed by atoms with E-state index in [4.69, 9.17) is 26.3 Å². The van der Waals surface area contributed by atoms with E-state index >= 15 is 0 Å². The molecule has 0 amide bonds. The number of benzene rings is 7. The van der Waals surface area contributed by atoms with E-state index < -0.39 is 182 Å². The van der Waals surface area contributed by atoms with Gasteiger partial charge in [0, 0.05) is 10.9 Å². The van der Waals surface area contributed by atoms with Gasteiger partial charge >= 0.3 is 0 Å². The standard InChI is InChI=1S/C40H26O/c1-2-11-28(12-3-1)39-33-16-4-6-18-35(33)40(36-19-7-5-17-34(36)39)29-23-21-27(22-24-29)30-13-10-14-31(25-30)37-26-41-38-20-9-8-15-32(37)38/h1-26H/i4D,5D,6D,7D,8D,9D,10D,13D,14D,15D,16D,17D,18D,19D,20D,21D,22D,23D,24D,25D,26D. The van der Waals surface area contributed by atoms with Gasteiger partial charge in [-0.1, -0.05) is 139 Å². The third kappa shape index (κ3) is 3.94. The van der Waals surface area contributed by atoms with E-state index in [0.717, 1.165) is 0 Å². The van der Waals surface area contributed by atoms with Crippen LogP contribution in [0.5, 0.6) is 0 Å². The third-order valence-corrected chi connectivity index (χ3v) is 6.60. The molecule has 0 aliphatic heterocycles. The van der Waals surface area contributed by atoms with E-state index in [1.54, 1.807) is 30.3 Å². The lowest BCUT2D eigenvalue weighted by molar-refractivity contribution is 0.617. The molecule has 7 aromatic carbocycles. The maximum atomic E-state index is 9.43. The predicted molar refractivity (Wildman–Crippen MR) is 173 cm³/mol. The summed E-state index contributed by atoms with van der Waals surface area (Å²) in [5.74, 6) is 0. The van der Waals surface area contributed by atoms with Gasteiger partial charge in [0.15, 0.2) is 0 Å². The van der Waals surface area contributed by atoms with Crippen LogP contribution in [-0.2, 0) is 0 Å². The van der Waals surface area contributed by atoms with Crippen molar-refractivity contribution in [3.8, 4) is 44.5 Å². The predicted octanol–water partition coefficient (Wildman–Crippen LogP) is 11.4. The average molecular weight is 544 g/mol. The zero-order chi connectivity index (χ0) is 45.4.